The molecule has 31 heavy (non-hydrogen) atoms. The van der Waals surface area contributed by atoms with Gasteiger partial charge >= 0.3 is 0 Å². The van der Waals surface area contributed by atoms with Gasteiger partial charge in [0.05, 0.1) is 12.8 Å². The molecule has 0 fully saturated rings. The van der Waals surface area contributed by atoms with Gasteiger partial charge in [-0.25, -0.2) is 4.99 Å². The number of hydrogen-bond donors (Lipinski definition) is 3. The van der Waals surface area contributed by atoms with Crippen LogP contribution >= 0.6 is 0 Å². The summed E-state index contributed by atoms with van der Waals surface area (Å²) in [6.07, 6.45) is 0.0978. The first-order chi connectivity index (χ1) is 14.8. The van der Waals surface area contributed by atoms with Crippen LogP contribution in [0, 0.1) is 12.8 Å². The molecular formula is C23H32N4O4. The molecule has 8 heteroatoms. The monoisotopic (exact) mass is 428 g/mol. The molecular weight excluding hydrogens is 396 g/mol. The van der Waals surface area contributed by atoms with Crippen LogP contribution in [-0.4, -0.2) is 42.4 Å². The van der Waals surface area contributed by atoms with Gasteiger partial charge in [-0.15, -0.1) is 0 Å². The SMILES string of the molecule is C=C(N=C(ON)c1cc(C)nc(CC(C)C)c1)c1ccc(OCC(O)CN)cc1OC. The van der Waals surface area contributed by atoms with Crippen LogP contribution in [0.2, 0.25) is 0 Å². The van der Waals surface area contributed by atoms with Crippen molar-refractivity contribution in [3.8, 4) is 11.5 Å². The van der Waals surface area contributed by atoms with Crippen molar-refractivity contribution >= 4 is 11.6 Å². The minimum atomic E-state index is -0.737. The number of aromatic nitrogens is 1. The number of rotatable bonds is 10. The lowest BCUT2D eigenvalue weighted by molar-refractivity contribution is 0.114. The van der Waals surface area contributed by atoms with Crippen molar-refractivity contribution in [3.63, 3.8) is 0 Å². The van der Waals surface area contributed by atoms with Gasteiger partial charge in [0.25, 0.3) is 0 Å². The van der Waals surface area contributed by atoms with E-state index in [4.69, 9.17) is 25.9 Å². The lowest BCUT2D eigenvalue weighted by Crippen LogP contribution is -2.26. The maximum atomic E-state index is 9.57. The van der Waals surface area contributed by atoms with Crippen LogP contribution in [0.15, 0.2) is 41.9 Å². The molecule has 1 atom stereocenters. The van der Waals surface area contributed by atoms with E-state index in [0.717, 1.165) is 23.4 Å². The average molecular weight is 429 g/mol. The molecule has 0 spiro atoms. The number of aryl methyl sites for hydroxylation is 1. The van der Waals surface area contributed by atoms with Crippen molar-refractivity contribution in [2.24, 2.45) is 22.5 Å². The third-order valence-electron chi connectivity index (χ3n) is 4.42. The Balaban J connectivity index is 2.31. The van der Waals surface area contributed by atoms with Gasteiger partial charge in [-0.05, 0) is 43.5 Å². The van der Waals surface area contributed by atoms with E-state index >= 15 is 0 Å². The molecule has 0 saturated carbocycles. The second-order valence-corrected chi connectivity index (χ2v) is 7.63. The zero-order valence-corrected chi connectivity index (χ0v) is 18.6. The van der Waals surface area contributed by atoms with E-state index in [2.05, 4.69) is 30.4 Å². The fraction of sp³-hybridized carbons (Fsp3) is 0.391. The Bertz CT molecular complexity index is 928. The molecule has 0 amide bonds. The number of nitrogens with zero attached hydrogens (tertiary/aromatic N) is 2. The van der Waals surface area contributed by atoms with Gasteiger partial charge in [0, 0.05) is 35.1 Å². The molecule has 1 aromatic carbocycles. The summed E-state index contributed by atoms with van der Waals surface area (Å²) in [6.45, 7) is 10.4. The number of hydrogen-bond acceptors (Lipinski definition) is 8. The number of nitrogens with two attached hydrogens (primary N) is 2. The van der Waals surface area contributed by atoms with Crippen LogP contribution < -0.4 is 21.1 Å². The smallest absolute Gasteiger partial charge is 0.245 e. The first-order valence-corrected chi connectivity index (χ1v) is 10.1. The molecule has 0 aliphatic heterocycles. The second kappa shape index (κ2) is 11.5. The van der Waals surface area contributed by atoms with Crippen molar-refractivity contribution in [1.29, 1.82) is 0 Å². The summed E-state index contributed by atoms with van der Waals surface area (Å²) in [5, 5.41) is 9.57. The molecule has 0 saturated heterocycles. The first-order valence-electron chi connectivity index (χ1n) is 10.1. The van der Waals surface area contributed by atoms with Gasteiger partial charge in [-0.1, -0.05) is 20.4 Å². The van der Waals surface area contributed by atoms with E-state index in [1.807, 2.05) is 19.1 Å². The highest BCUT2D eigenvalue weighted by Gasteiger charge is 2.14. The molecule has 0 radical (unpaired) electrons. The van der Waals surface area contributed by atoms with Crippen molar-refractivity contribution < 1.29 is 19.4 Å². The fourth-order valence-corrected chi connectivity index (χ4v) is 2.99. The predicted octanol–water partition coefficient (Wildman–Crippen LogP) is 2.60. The zero-order chi connectivity index (χ0) is 23.0. The van der Waals surface area contributed by atoms with E-state index in [0.29, 0.717) is 28.7 Å². The van der Waals surface area contributed by atoms with Crippen molar-refractivity contribution in [1.82, 2.24) is 4.98 Å². The molecule has 0 bridgehead atoms. The lowest BCUT2D eigenvalue weighted by Gasteiger charge is -2.14. The molecule has 5 N–H and O–H groups in total. The van der Waals surface area contributed by atoms with Crippen LogP contribution in [0.1, 0.15) is 36.4 Å². The van der Waals surface area contributed by atoms with E-state index in [1.165, 1.54) is 0 Å². The minimum absolute atomic E-state index is 0.0867. The quantitative estimate of drug-likeness (QED) is 0.302. The maximum absolute atomic E-state index is 9.57. The molecule has 0 aliphatic rings. The molecule has 2 rings (SSSR count). The van der Waals surface area contributed by atoms with Crippen molar-refractivity contribution in [2.45, 2.75) is 33.3 Å². The predicted molar refractivity (Wildman–Crippen MR) is 122 cm³/mol. The number of aliphatic imine (C=N–C) groups is 1. The summed E-state index contributed by atoms with van der Waals surface area (Å²) in [6, 6.07) is 8.98. The molecule has 2 aromatic rings. The van der Waals surface area contributed by atoms with Gasteiger partial charge in [-0.3, -0.25) is 4.98 Å². The summed E-state index contributed by atoms with van der Waals surface area (Å²) in [7, 11) is 1.54. The number of pyridine rings is 1. The number of ether oxygens (including phenoxy) is 2. The fourth-order valence-electron chi connectivity index (χ4n) is 2.99. The zero-order valence-electron chi connectivity index (χ0n) is 18.6. The number of aliphatic hydroxyl groups excluding tert-OH is 1. The van der Waals surface area contributed by atoms with E-state index in [-0.39, 0.29) is 19.0 Å². The molecule has 1 heterocycles. The third-order valence-corrected chi connectivity index (χ3v) is 4.42. The van der Waals surface area contributed by atoms with E-state index in [9.17, 15) is 5.11 Å². The largest absolute Gasteiger partial charge is 0.496 e. The summed E-state index contributed by atoms with van der Waals surface area (Å²) in [4.78, 5) is 14.1. The van der Waals surface area contributed by atoms with Gasteiger partial charge in [0.2, 0.25) is 5.90 Å². The van der Waals surface area contributed by atoms with Gasteiger partial charge in [0.15, 0.2) is 0 Å². The average Bonchev–Trinajstić information content (AvgIpc) is 2.74. The van der Waals surface area contributed by atoms with Crippen molar-refractivity contribution in [2.75, 3.05) is 20.3 Å². The highest BCUT2D eigenvalue weighted by molar-refractivity contribution is 5.97. The molecule has 1 unspecified atom stereocenters. The van der Waals surface area contributed by atoms with E-state index in [1.54, 1.807) is 25.3 Å². The summed E-state index contributed by atoms with van der Waals surface area (Å²) < 4.78 is 11.0. The van der Waals surface area contributed by atoms with Gasteiger partial charge in [-0.2, -0.15) is 5.90 Å². The van der Waals surface area contributed by atoms with Crippen LogP contribution in [-0.2, 0) is 11.3 Å². The Morgan fingerprint density at radius 1 is 1.26 bits per heavy atom. The highest BCUT2D eigenvalue weighted by Crippen LogP contribution is 2.30. The standard InChI is InChI=1S/C23H32N4O4/c1-14(2)8-18-10-17(9-15(3)26-18)23(31-25)27-16(4)21-7-6-20(11-22(21)29-5)30-13-19(28)12-24/h6-7,9-11,14,19,28H,4,8,12-13,24-25H2,1-3,5H3. The Kier molecular flexibility index (Phi) is 8.99. The molecule has 1 aromatic heterocycles. The topological polar surface area (TPSA) is 125 Å². The van der Waals surface area contributed by atoms with Crippen LogP contribution in [0.4, 0.5) is 0 Å². The highest BCUT2D eigenvalue weighted by atomic mass is 16.6. The van der Waals surface area contributed by atoms with Gasteiger partial charge in [0.1, 0.15) is 24.2 Å². The normalized spacial score (nSPS) is 12.6. The first kappa shape index (κ1) is 24.3. The Labute approximate surface area is 183 Å². The van der Waals surface area contributed by atoms with E-state index < -0.39 is 6.10 Å². The molecule has 168 valence electrons. The lowest BCUT2D eigenvalue weighted by atomic mass is 10.1. The number of methoxy groups -OCH3 is 1. The minimum Gasteiger partial charge on any atom is -0.496 e. The Morgan fingerprint density at radius 2 is 2.00 bits per heavy atom. The second-order valence-electron chi connectivity index (χ2n) is 7.63. The summed E-state index contributed by atoms with van der Waals surface area (Å²) >= 11 is 0. The van der Waals surface area contributed by atoms with Crippen LogP contribution in [0.3, 0.4) is 0 Å². The Morgan fingerprint density at radius 3 is 2.61 bits per heavy atom. The molecule has 0 aliphatic carbocycles. The van der Waals surface area contributed by atoms with Gasteiger partial charge < -0.3 is 25.2 Å². The Hall–Kier alpha value is -2.94. The molecule has 8 nitrogen and oxygen atoms in total. The summed E-state index contributed by atoms with van der Waals surface area (Å²) in [5.74, 6) is 7.27. The van der Waals surface area contributed by atoms with Crippen LogP contribution in [0.25, 0.3) is 5.70 Å². The maximum Gasteiger partial charge on any atom is 0.245 e. The van der Waals surface area contributed by atoms with Crippen molar-refractivity contribution in [3.05, 3.63) is 59.4 Å². The third kappa shape index (κ3) is 7.06. The number of benzene rings is 1. The number of aliphatic hydroxyl groups is 1. The van der Waals surface area contributed by atoms with Crippen LogP contribution in [0.5, 0.6) is 11.5 Å². The summed E-state index contributed by atoms with van der Waals surface area (Å²) in [5.41, 5.74) is 8.97.